The molecule has 0 aliphatic rings. The minimum atomic E-state index is -4.37. The van der Waals surface area contributed by atoms with E-state index in [4.69, 9.17) is 34.8 Å². The zero-order valence-electron chi connectivity index (χ0n) is 25.4. The highest BCUT2D eigenvalue weighted by molar-refractivity contribution is 7.92. The van der Waals surface area contributed by atoms with Crippen molar-refractivity contribution in [3.8, 4) is 0 Å². The number of carbonyl (C=O) groups is 2. The zero-order valence-corrected chi connectivity index (χ0v) is 28.5. The monoisotopic (exact) mass is 703 g/mol. The van der Waals surface area contributed by atoms with Crippen molar-refractivity contribution in [1.29, 1.82) is 0 Å². The Kier molecular flexibility index (Phi) is 11.4. The Bertz CT molecular complexity index is 1800. The molecule has 0 aromatic heterocycles. The highest BCUT2D eigenvalue weighted by atomic mass is 35.5. The molecule has 7 nitrogen and oxygen atoms in total. The Morgan fingerprint density at radius 1 is 0.804 bits per heavy atom. The second-order valence-electron chi connectivity index (χ2n) is 11.6. The number of sulfonamides is 1. The molecule has 0 saturated heterocycles. The van der Waals surface area contributed by atoms with Gasteiger partial charge >= 0.3 is 0 Å². The van der Waals surface area contributed by atoms with Gasteiger partial charge in [-0.25, -0.2) is 12.8 Å². The van der Waals surface area contributed by atoms with Crippen LogP contribution < -0.4 is 9.62 Å². The van der Waals surface area contributed by atoms with Crippen molar-refractivity contribution in [3.05, 3.63) is 129 Å². The van der Waals surface area contributed by atoms with Crippen molar-refractivity contribution in [1.82, 2.24) is 10.2 Å². The molecule has 1 N–H and O–H groups in total. The zero-order chi connectivity index (χ0) is 33.6. The quantitative estimate of drug-likeness (QED) is 0.175. The van der Waals surface area contributed by atoms with Crippen LogP contribution in [0.3, 0.4) is 0 Å². The summed E-state index contributed by atoms with van der Waals surface area (Å²) in [5, 5.41) is 3.20. The summed E-state index contributed by atoms with van der Waals surface area (Å²) in [6, 6.07) is 23.9. The molecule has 4 rings (SSSR count). The van der Waals surface area contributed by atoms with E-state index in [9.17, 15) is 22.4 Å². The molecule has 4 aromatic carbocycles. The third kappa shape index (κ3) is 9.00. The van der Waals surface area contributed by atoms with E-state index in [1.165, 1.54) is 23.1 Å². The van der Waals surface area contributed by atoms with Crippen molar-refractivity contribution in [2.75, 3.05) is 10.8 Å². The molecule has 0 bridgehead atoms. The molecule has 0 spiro atoms. The first-order valence-corrected chi connectivity index (χ1v) is 16.9. The second kappa shape index (κ2) is 14.9. The molecule has 0 aliphatic heterocycles. The lowest BCUT2D eigenvalue weighted by molar-refractivity contribution is -0.140. The van der Waals surface area contributed by atoms with Crippen LogP contribution in [-0.2, 0) is 32.6 Å². The molecule has 0 radical (unpaired) electrons. The fourth-order valence-corrected chi connectivity index (χ4v) is 6.65. The fraction of sp³-hybridized carbons (Fsp3) is 0.235. The highest BCUT2D eigenvalue weighted by Gasteiger charge is 2.36. The standard InChI is InChI=1S/C34H33Cl3FN3O4S/c1-34(2,3)39-33(43)31(19-23-10-6-4-7-11-23)40(21-24-14-16-27(35)28(36)18-24)32(42)22-41(25-15-17-30(38)29(37)20-25)46(44,45)26-12-8-5-9-13-26/h4-18,20,31H,19,21-22H2,1-3H3,(H,39,43)/t31-/m1/s1. The predicted molar refractivity (Wildman–Crippen MR) is 181 cm³/mol. The molecular formula is C34H33Cl3FN3O4S. The number of hydrogen-bond donors (Lipinski definition) is 1. The second-order valence-corrected chi connectivity index (χ2v) is 14.7. The van der Waals surface area contributed by atoms with Crippen LogP contribution in [0.15, 0.2) is 102 Å². The fourth-order valence-electron chi connectivity index (χ4n) is 4.73. The third-order valence-corrected chi connectivity index (χ3v) is 9.72. The number of rotatable bonds is 11. The molecule has 242 valence electrons. The summed E-state index contributed by atoms with van der Waals surface area (Å²) in [4.78, 5) is 29.7. The summed E-state index contributed by atoms with van der Waals surface area (Å²) in [7, 11) is -4.37. The summed E-state index contributed by atoms with van der Waals surface area (Å²) >= 11 is 18.5. The molecular weight excluding hydrogens is 672 g/mol. The number of hydrogen-bond acceptors (Lipinski definition) is 4. The van der Waals surface area contributed by atoms with Crippen LogP contribution in [0.2, 0.25) is 15.1 Å². The number of halogens is 4. The molecule has 0 unspecified atom stereocenters. The summed E-state index contributed by atoms with van der Waals surface area (Å²) in [6.45, 7) is 4.63. The number of amides is 2. The topological polar surface area (TPSA) is 86.8 Å². The van der Waals surface area contributed by atoms with Gasteiger partial charge in [0.15, 0.2) is 0 Å². The highest BCUT2D eigenvalue weighted by Crippen LogP contribution is 2.29. The number of carbonyl (C=O) groups excluding carboxylic acids is 2. The van der Waals surface area contributed by atoms with Crippen molar-refractivity contribution in [3.63, 3.8) is 0 Å². The van der Waals surface area contributed by atoms with Gasteiger partial charge in [-0.3, -0.25) is 13.9 Å². The largest absolute Gasteiger partial charge is 0.350 e. The number of nitrogens with zero attached hydrogens (tertiary/aromatic N) is 2. The van der Waals surface area contributed by atoms with Crippen LogP contribution >= 0.6 is 34.8 Å². The third-order valence-electron chi connectivity index (χ3n) is 6.91. The lowest BCUT2D eigenvalue weighted by Gasteiger charge is -2.35. The maximum atomic E-state index is 14.5. The van der Waals surface area contributed by atoms with Gasteiger partial charge in [0.05, 0.1) is 25.7 Å². The first kappa shape index (κ1) is 35.2. The van der Waals surface area contributed by atoms with E-state index in [1.807, 2.05) is 51.1 Å². The van der Waals surface area contributed by atoms with Gasteiger partial charge in [0, 0.05) is 18.5 Å². The Labute approximate surface area is 283 Å². The van der Waals surface area contributed by atoms with Crippen LogP contribution in [0.4, 0.5) is 10.1 Å². The van der Waals surface area contributed by atoms with Gasteiger partial charge in [-0.1, -0.05) is 89.4 Å². The lowest BCUT2D eigenvalue weighted by atomic mass is 10.0. The Morgan fingerprint density at radius 3 is 2.02 bits per heavy atom. The molecule has 0 aliphatic carbocycles. The van der Waals surface area contributed by atoms with E-state index in [0.29, 0.717) is 10.6 Å². The van der Waals surface area contributed by atoms with Crippen LogP contribution in [0.1, 0.15) is 31.9 Å². The van der Waals surface area contributed by atoms with Crippen LogP contribution in [0, 0.1) is 5.82 Å². The molecule has 12 heteroatoms. The molecule has 0 fully saturated rings. The average Bonchev–Trinajstić information content (AvgIpc) is 3.00. The van der Waals surface area contributed by atoms with E-state index in [0.717, 1.165) is 22.0 Å². The van der Waals surface area contributed by atoms with Crippen molar-refractivity contribution >= 4 is 62.3 Å². The van der Waals surface area contributed by atoms with Gasteiger partial charge < -0.3 is 10.2 Å². The van der Waals surface area contributed by atoms with Gasteiger partial charge in [-0.15, -0.1) is 0 Å². The summed E-state index contributed by atoms with van der Waals surface area (Å²) in [5.41, 5.74) is 0.670. The van der Waals surface area contributed by atoms with Crippen LogP contribution in [-0.4, -0.2) is 43.3 Å². The number of anilines is 1. The van der Waals surface area contributed by atoms with Gasteiger partial charge in [-0.2, -0.15) is 0 Å². The summed E-state index contributed by atoms with van der Waals surface area (Å²) in [6.07, 6.45) is 0.129. The smallest absolute Gasteiger partial charge is 0.264 e. The Balaban J connectivity index is 1.84. The van der Waals surface area contributed by atoms with Gasteiger partial charge in [-0.05, 0) is 74.4 Å². The summed E-state index contributed by atoms with van der Waals surface area (Å²) < 4.78 is 43.1. The van der Waals surface area contributed by atoms with Gasteiger partial charge in [0.2, 0.25) is 11.8 Å². The maximum Gasteiger partial charge on any atom is 0.264 e. The van der Waals surface area contributed by atoms with Crippen LogP contribution in [0.5, 0.6) is 0 Å². The van der Waals surface area contributed by atoms with E-state index in [-0.39, 0.29) is 33.6 Å². The lowest BCUT2D eigenvalue weighted by Crippen LogP contribution is -2.56. The van der Waals surface area contributed by atoms with Crippen molar-refractivity contribution in [2.45, 2.75) is 50.2 Å². The van der Waals surface area contributed by atoms with Crippen LogP contribution in [0.25, 0.3) is 0 Å². The predicted octanol–water partition coefficient (Wildman–Crippen LogP) is 7.54. The first-order chi connectivity index (χ1) is 21.7. The van der Waals surface area contributed by atoms with E-state index >= 15 is 0 Å². The van der Waals surface area contributed by atoms with Crippen molar-refractivity contribution in [2.24, 2.45) is 0 Å². The van der Waals surface area contributed by atoms with Gasteiger partial charge in [0.1, 0.15) is 18.4 Å². The van der Waals surface area contributed by atoms with E-state index in [2.05, 4.69) is 5.32 Å². The minimum absolute atomic E-state index is 0.0307. The SMILES string of the molecule is CC(C)(C)NC(=O)[C@@H](Cc1ccccc1)N(Cc1ccc(Cl)c(Cl)c1)C(=O)CN(c1ccc(F)c(Cl)c1)S(=O)(=O)c1ccccc1. The first-order valence-electron chi connectivity index (χ1n) is 14.3. The molecule has 46 heavy (non-hydrogen) atoms. The van der Waals surface area contributed by atoms with E-state index in [1.54, 1.807) is 36.4 Å². The number of benzene rings is 4. The van der Waals surface area contributed by atoms with E-state index < -0.39 is 45.8 Å². The Hall–Kier alpha value is -3.63. The molecule has 2 amide bonds. The van der Waals surface area contributed by atoms with Crippen molar-refractivity contribution < 1.29 is 22.4 Å². The number of nitrogens with one attached hydrogen (secondary N) is 1. The summed E-state index contributed by atoms with van der Waals surface area (Å²) in [5.74, 6) is -1.89. The normalized spacial score (nSPS) is 12.3. The van der Waals surface area contributed by atoms with Gasteiger partial charge in [0.25, 0.3) is 10.0 Å². The average molecular weight is 705 g/mol. The molecule has 4 aromatic rings. The Morgan fingerprint density at radius 2 is 1.43 bits per heavy atom. The molecule has 0 heterocycles. The maximum absolute atomic E-state index is 14.5. The molecule has 1 atom stereocenters. The minimum Gasteiger partial charge on any atom is -0.350 e. The molecule has 0 saturated carbocycles.